The topological polar surface area (TPSA) is 61.6 Å². The Hall–Kier alpha value is -1.63. The fourth-order valence-corrected chi connectivity index (χ4v) is 0.635. The first-order chi connectivity index (χ1) is 5.36. The Morgan fingerprint density at radius 3 is 2.64 bits per heavy atom. The van der Waals surface area contributed by atoms with Crippen LogP contribution in [0.25, 0.3) is 0 Å². The summed E-state index contributed by atoms with van der Waals surface area (Å²) in [5, 5.41) is 11.3. The molecule has 0 spiro atoms. The van der Waals surface area contributed by atoms with Crippen LogP contribution in [0, 0.1) is 11.3 Å². The van der Waals surface area contributed by atoms with Crippen LogP contribution >= 0.6 is 0 Å². The third-order valence-electron chi connectivity index (χ3n) is 1.12. The third kappa shape index (κ3) is 1.90. The van der Waals surface area contributed by atoms with Gasteiger partial charge in [0.15, 0.2) is 0 Å². The number of hydrogen-bond acceptors (Lipinski definition) is 4. The molecule has 56 valence electrons. The largest absolute Gasteiger partial charge is 0.355 e. The number of hydrogen-bond donors (Lipinski definition) is 1. The molecule has 0 amide bonds. The molecule has 0 saturated carbocycles. The van der Waals surface area contributed by atoms with E-state index in [1.807, 2.05) is 13.0 Å². The molecule has 0 aromatic carbocycles. The van der Waals surface area contributed by atoms with Crippen LogP contribution in [-0.2, 0) is 0 Å². The van der Waals surface area contributed by atoms with Gasteiger partial charge in [-0.15, -0.1) is 0 Å². The molecule has 4 heteroatoms. The molecule has 1 aromatic heterocycles. The van der Waals surface area contributed by atoms with Crippen molar-refractivity contribution in [3.63, 3.8) is 0 Å². The molecule has 11 heavy (non-hydrogen) atoms. The first-order valence-electron chi connectivity index (χ1n) is 3.33. The van der Waals surface area contributed by atoms with Crippen LogP contribution in [0.3, 0.4) is 0 Å². The van der Waals surface area contributed by atoms with Crippen LogP contribution < -0.4 is 5.32 Å². The molecular formula is C7H8N4. The average molecular weight is 148 g/mol. The first-order valence-corrected chi connectivity index (χ1v) is 3.33. The maximum atomic E-state index is 8.41. The second-order valence-corrected chi connectivity index (χ2v) is 1.94. The maximum Gasteiger partial charge on any atom is 0.222 e. The minimum absolute atomic E-state index is 0.478. The van der Waals surface area contributed by atoms with E-state index in [1.165, 1.54) is 12.4 Å². The molecule has 1 heterocycles. The summed E-state index contributed by atoms with van der Waals surface area (Å²) in [4.78, 5) is 7.79. The summed E-state index contributed by atoms with van der Waals surface area (Å²) in [5.74, 6) is 0.562. The molecular weight excluding hydrogens is 140 g/mol. The van der Waals surface area contributed by atoms with Gasteiger partial charge in [0.1, 0.15) is 6.07 Å². The molecule has 0 aliphatic carbocycles. The van der Waals surface area contributed by atoms with E-state index in [-0.39, 0.29) is 0 Å². The third-order valence-corrected chi connectivity index (χ3v) is 1.12. The van der Waals surface area contributed by atoms with E-state index in [2.05, 4.69) is 15.3 Å². The van der Waals surface area contributed by atoms with Crippen molar-refractivity contribution < 1.29 is 0 Å². The van der Waals surface area contributed by atoms with E-state index in [0.29, 0.717) is 11.5 Å². The highest BCUT2D eigenvalue weighted by Gasteiger charge is 1.92. The molecule has 1 aromatic rings. The summed E-state index contributed by atoms with van der Waals surface area (Å²) in [6.07, 6.45) is 2.98. The predicted octanol–water partition coefficient (Wildman–Crippen LogP) is 0.780. The number of nitrogens with one attached hydrogen (secondary N) is 1. The van der Waals surface area contributed by atoms with Crippen molar-refractivity contribution in [2.24, 2.45) is 0 Å². The average Bonchev–Trinajstić information content (AvgIpc) is 2.07. The Bertz CT molecular complexity index is 259. The minimum Gasteiger partial charge on any atom is -0.355 e. The van der Waals surface area contributed by atoms with Crippen molar-refractivity contribution in [2.45, 2.75) is 6.92 Å². The summed E-state index contributed by atoms with van der Waals surface area (Å²) in [6, 6.07) is 1.94. The summed E-state index contributed by atoms with van der Waals surface area (Å²) < 4.78 is 0. The van der Waals surface area contributed by atoms with Gasteiger partial charge in [0.2, 0.25) is 5.95 Å². The zero-order chi connectivity index (χ0) is 8.10. The number of nitrogens with zero attached hydrogens (tertiary/aromatic N) is 3. The lowest BCUT2D eigenvalue weighted by atomic mass is 10.4. The molecule has 0 aliphatic heterocycles. The van der Waals surface area contributed by atoms with Gasteiger partial charge in [-0.05, 0) is 6.92 Å². The first kappa shape index (κ1) is 7.48. The fraction of sp³-hybridized carbons (Fsp3) is 0.286. The van der Waals surface area contributed by atoms with Crippen LogP contribution in [0.2, 0.25) is 0 Å². The van der Waals surface area contributed by atoms with Crippen LogP contribution in [0.15, 0.2) is 12.4 Å². The molecule has 4 nitrogen and oxygen atoms in total. The van der Waals surface area contributed by atoms with Gasteiger partial charge < -0.3 is 5.32 Å². The highest BCUT2D eigenvalue weighted by Crippen LogP contribution is 1.97. The fourth-order valence-electron chi connectivity index (χ4n) is 0.635. The molecule has 0 aliphatic rings. The van der Waals surface area contributed by atoms with Crippen LogP contribution in [0.4, 0.5) is 5.95 Å². The number of aromatic nitrogens is 2. The van der Waals surface area contributed by atoms with Crippen molar-refractivity contribution in [3.8, 4) is 6.07 Å². The van der Waals surface area contributed by atoms with Crippen molar-refractivity contribution >= 4 is 5.95 Å². The smallest absolute Gasteiger partial charge is 0.222 e. The Morgan fingerprint density at radius 1 is 1.55 bits per heavy atom. The Morgan fingerprint density at radius 2 is 2.18 bits per heavy atom. The quantitative estimate of drug-likeness (QED) is 0.673. The number of anilines is 1. The van der Waals surface area contributed by atoms with Crippen molar-refractivity contribution in [1.82, 2.24) is 9.97 Å². The van der Waals surface area contributed by atoms with E-state index >= 15 is 0 Å². The van der Waals surface area contributed by atoms with Gasteiger partial charge in [-0.3, -0.25) is 0 Å². The SMILES string of the molecule is CCNc1ncc(C#N)cn1. The Kier molecular flexibility index (Phi) is 2.39. The summed E-state index contributed by atoms with van der Waals surface area (Å²) >= 11 is 0. The zero-order valence-corrected chi connectivity index (χ0v) is 6.20. The number of rotatable bonds is 2. The number of nitriles is 1. The van der Waals surface area contributed by atoms with E-state index < -0.39 is 0 Å². The highest BCUT2D eigenvalue weighted by molar-refractivity contribution is 5.29. The normalized spacial score (nSPS) is 8.73. The van der Waals surface area contributed by atoms with E-state index in [4.69, 9.17) is 5.26 Å². The Balaban J connectivity index is 2.76. The molecule has 1 N–H and O–H groups in total. The molecule has 0 unspecified atom stereocenters. The van der Waals surface area contributed by atoms with Crippen molar-refractivity contribution in [1.29, 1.82) is 5.26 Å². The Labute approximate surface area is 64.9 Å². The molecule has 0 fully saturated rings. The van der Waals surface area contributed by atoms with Gasteiger partial charge >= 0.3 is 0 Å². The zero-order valence-electron chi connectivity index (χ0n) is 6.20. The lowest BCUT2D eigenvalue weighted by Gasteiger charge is -1.97. The van der Waals surface area contributed by atoms with E-state index in [0.717, 1.165) is 6.54 Å². The van der Waals surface area contributed by atoms with Crippen molar-refractivity contribution in [2.75, 3.05) is 11.9 Å². The molecule has 0 radical (unpaired) electrons. The molecule has 0 atom stereocenters. The lowest BCUT2D eigenvalue weighted by Crippen LogP contribution is -2.01. The van der Waals surface area contributed by atoms with Gasteiger partial charge in [0.25, 0.3) is 0 Å². The standard InChI is InChI=1S/C7H8N4/c1-2-9-7-10-4-6(3-8)5-11-7/h4-5H,2H2,1H3,(H,9,10,11). The van der Waals surface area contributed by atoms with Crippen molar-refractivity contribution in [3.05, 3.63) is 18.0 Å². The maximum absolute atomic E-state index is 8.41. The minimum atomic E-state index is 0.478. The van der Waals surface area contributed by atoms with Gasteiger partial charge in [-0.1, -0.05) is 0 Å². The van der Waals surface area contributed by atoms with Gasteiger partial charge in [0, 0.05) is 6.54 Å². The monoisotopic (exact) mass is 148 g/mol. The predicted molar refractivity (Wildman–Crippen MR) is 40.9 cm³/mol. The molecule has 0 saturated heterocycles. The molecule has 0 bridgehead atoms. The van der Waals surface area contributed by atoms with Crippen LogP contribution in [-0.4, -0.2) is 16.5 Å². The summed E-state index contributed by atoms with van der Waals surface area (Å²) in [7, 11) is 0. The van der Waals surface area contributed by atoms with E-state index in [1.54, 1.807) is 0 Å². The summed E-state index contributed by atoms with van der Waals surface area (Å²) in [6.45, 7) is 2.74. The lowest BCUT2D eigenvalue weighted by molar-refractivity contribution is 1.08. The second kappa shape index (κ2) is 3.52. The highest BCUT2D eigenvalue weighted by atomic mass is 15.1. The van der Waals surface area contributed by atoms with Gasteiger partial charge in [-0.25, -0.2) is 9.97 Å². The van der Waals surface area contributed by atoms with Gasteiger partial charge in [0.05, 0.1) is 18.0 Å². The van der Waals surface area contributed by atoms with Crippen LogP contribution in [0.5, 0.6) is 0 Å². The van der Waals surface area contributed by atoms with E-state index in [9.17, 15) is 0 Å². The second-order valence-electron chi connectivity index (χ2n) is 1.94. The molecule has 1 rings (SSSR count). The summed E-state index contributed by atoms with van der Waals surface area (Å²) in [5.41, 5.74) is 0.478. The van der Waals surface area contributed by atoms with Gasteiger partial charge in [-0.2, -0.15) is 5.26 Å². The van der Waals surface area contributed by atoms with Crippen LogP contribution in [0.1, 0.15) is 12.5 Å².